The van der Waals surface area contributed by atoms with Crippen LogP contribution in [0, 0.1) is 0 Å². The van der Waals surface area contributed by atoms with E-state index in [0.29, 0.717) is 0 Å². The summed E-state index contributed by atoms with van der Waals surface area (Å²) in [6.45, 7) is 0. The van der Waals surface area contributed by atoms with Gasteiger partial charge in [-0.15, -0.1) is 0 Å². The summed E-state index contributed by atoms with van der Waals surface area (Å²) >= 11 is 0. The monoisotopic (exact) mass is 123 g/mol. The third-order valence-corrected chi connectivity index (χ3v) is 0. The molecule has 4 heavy (non-hydrogen) atoms. The molecule has 0 unspecified atom stereocenters. The van der Waals surface area contributed by atoms with Gasteiger partial charge in [-0.2, -0.15) is 13.5 Å². The molecule has 0 bridgehead atoms. The molecule has 0 aliphatic rings. The van der Waals surface area contributed by atoms with Gasteiger partial charge in [-0.05, 0) is 0 Å². The summed E-state index contributed by atoms with van der Waals surface area (Å²) in [6, 6.07) is 0. The first-order valence-electron chi connectivity index (χ1n) is 0. The fourth-order valence-electron chi connectivity index (χ4n) is 0. The third kappa shape index (κ3) is 14.3. The minimum Gasteiger partial charge on any atom is -2.00 e. The predicted octanol–water partition coefficient (Wildman–Crippen LogP) is -0.833. The van der Waals surface area contributed by atoms with Crippen LogP contribution in [0.1, 0.15) is 0 Å². The van der Waals surface area contributed by atoms with E-state index >= 15 is 0 Å². The van der Waals surface area contributed by atoms with Crippen molar-refractivity contribution in [1.29, 1.82) is 0 Å². The Morgan fingerprint density at radius 3 is 1.00 bits per heavy atom. The largest absolute Gasteiger partial charge is 2.00 e. The van der Waals surface area contributed by atoms with Gasteiger partial charge in [-0.3, -0.25) is 0 Å². The topological polar surface area (TPSA) is 60.0 Å². The number of rotatable bonds is 0. The van der Waals surface area contributed by atoms with E-state index in [0.717, 1.165) is 0 Å². The first kappa shape index (κ1) is 110. The van der Waals surface area contributed by atoms with Gasteiger partial charge in [0, 0.05) is 0 Å². The zero-order valence-electron chi connectivity index (χ0n) is 1.79. The van der Waals surface area contributed by atoms with Crippen LogP contribution in [0.2, 0.25) is 0 Å². The van der Waals surface area contributed by atoms with Gasteiger partial charge in [0.05, 0.1) is 0 Å². The molecule has 29 valence electrons. The summed E-state index contributed by atoms with van der Waals surface area (Å²) in [7, 11) is 0. The van der Waals surface area contributed by atoms with Crippen molar-refractivity contribution in [2.75, 3.05) is 0 Å². The average Bonchev–Trinajstić information content (AvgIpc) is 0. The summed E-state index contributed by atoms with van der Waals surface area (Å²) in [5, 5.41) is 0. The van der Waals surface area contributed by atoms with Crippen LogP contribution in [0.15, 0.2) is 0 Å². The maximum Gasteiger partial charge on any atom is 2.00 e. The van der Waals surface area contributed by atoms with Crippen molar-refractivity contribution in [3.63, 3.8) is 0 Å². The Bertz CT molecular complexity index is 6.00. The maximum absolute atomic E-state index is 0. The number of hydrogen-bond donors (Lipinski definition) is 0. The average molecular weight is 123 g/mol. The SMILES string of the molecule is O.S.[Mn+2].[O-2]. The van der Waals surface area contributed by atoms with Crippen LogP contribution in [-0.2, 0) is 22.5 Å². The van der Waals surface area contributed by atoms with Gasteiger partial charge >= 0.3 is 17.1 Å². The van der Waals surface area contributed by atoms with E-state index in [1.54, 1.807) is 0 Å². The molecule has 0 fully saturated rings. The molecule has 0 amide bonds. The molecule has 0 spiro atoms. The summed E-state index contributed by atoms with van der Waals surface area (Å²) in [4.78, 5) is 0. The van der Waals surface area contributed by atoms with E-state index in [9.17, 15) is 0 Å². The van der Waals surface area contributed by atoms with Crippen LogP contribution < -0.4 is 0 Å². The zero-order chi connectivity index (χ0) is 0. The van der Waals surface area contributed by atoms with Crippen molar-refractivity contribution >= 4 is 13.5 Å². The Labute approximate surface area is 42.1 Å². The molecule has 0 saturated heterocycles. The van der Waals surface area contributed by atoms with Crippen molar-refractivity contribution in [2.45, 2.75) is 0 Å². The second-order valence-corrected chi connectivity index (χ2v) is 0. The van der Waals surface area contributed by atoms with Crippen LogP contribution in [0.25, 0.3) is 0 Å². The van der Waals surface area contributed by atoms with Crippen molar-refractivity contribution < 1.29 is 28.0 Å². The van der Waals surface area contributed by atoms with Gasteiger partial charge in [0.2, 0.25) is 0 Å². The molecule has 0 aromatic heterocycles. The van der Waals surface area contributed by atoms with Gasteiger partial charge in [0.15, 0.2) is 0 Å². The molecule has 2 N–H and O–H groups in total. The van der Waals surface area contributed by atoms with E-state index in [4.69, 9.17) is 0 Å². The molecule has 0 saturated carbocycles. The molecule has 0 heterocycles. The van der Waals surface area contributed by atoms with E-state index in [-0.39, 0.29) is 41.5 Å². The predicted molar refractivity (Wildman–Crippen MR) is 14.7 cm³/mol. The van der Waals surface area contributed by atoms with Gasteiger partial charge in [0.1, 0.15) is 0 Å². The van der Waals surface area contributed by atoms with Crippen molar-refractivity contribution in [2.24, 2.45) is 0 Å². The molecule has 2 nitrogen and oxygen atoms in total. The second-order valence-electron chi connectivity index (χ2n) is 0. The van der Waals surface area contributed by atoms with Crippen LogP contribution in [0.3, 0.4) is 0 Å². The maximum atomic E-state index is 0. The van der Waals surface area contributed by atoms with Gasteiger partial charge in [0.25, 0.3) is 0 Å². The van der Waals surface area contributed by atoms with E-state index in [1.807, 2.05) is 0 Å². The Balaban J connectivity index is 0. The molecule has 0 rings (SSSR count). The summed E-state index contributed by atoms with van der Waals surface area (Å²) < 4.78 is 0. The molecule has 4 heteroatoms. The zero-order valence-corrected chi connectivity index (χ0v) is 3.97. The first-order valence-corrected chi connectivity index (χ1v) is 0. The van der Waals surface area contributed by atoms with E-state index in [2.05, 4.69) is 0 Å². The smallest absolute Gasteiger partial charge is 2.00 e. The fourth-order valence-corrected chi connectivity index (χ4v) is 0. The van der Waals surface area contributed by atoms with Gasteiger partial charge in [-0.1, -0.05) is 0 Å². The molecular weight excluding hydrogens is 119 g/mol. The Morgan fingerprint density at radius 1 is 1.00 bits per heavy atom. The molecular formula is H4MnO2S. The summed E-state index contributed by atoms with van der Waals surface area (Å²) in [6.07, 6.45) is 0. The van der Waals surface area contributed by atoms with Gasteiger partial charge in [-0.25, -0.2) is 0 Å². The fraction of sp³-hybridized carbons (Fsp3) is 0. The number of hydrogen-bond acceptors (Lipinski definition) is 0. The first-order chi connectivity index (χ1) is 0. The quantitative estimate of drug-likeness (QED) is 0.377. The molecule has 0 aliphatic heterocycles. The Morgan fingerprint density at radius 2 is 1.00 bits per heavy atom. The Hall–Kier alpha value is 0.789. The molecule has 0 aromatic rings. The molecule has 0 aromatic carbocycles. The van der Waals surface area contributed by atoms with Crippen LogP contribution >= 0.6 is 13.5 Å². The van der Waals surface area contributed by atoms with Gasteiger partial charge < -0.3 is 11.0 Å². The van der Waals surface area contributed by atoms with E-state index < -0.39 is 0 Å². The second kappa shape index (κ2) is 47.3. The van der Waals surface area contributed by atoms with Crippen LogP contribution in [-0.4, -0.2) is 5.48 Å². The van der Waals surface area contributed by atoms with Crippen LogP contribution in [0.4, 0.5) is 0 Å². The third-order valence-electron chi connectivity index (χ3n) is 0. The van der Waals surface area contributed by atoms with E-state index in [1.165, 1.54) is 0 Å². The molecule has 0 aliphatic carbocycles. The summed E-state index contributed by atoms with van der Waals surface area (Å²) in [5.41, 5.74) is 0. The summed E-state index contributed by atoms with van der Waals surface area (Å²) in [5.74, 6) is 0. The molecule has 0 atom stereocenters. The molecule has 1 radical (unpaired) electrons. The Kier molecular flexibility index (Phi) is 1310. The van der Waals surface area contributed by atoms with Crippen LogP contribution in [0.5, 0.6) is 0 Å². The minimum atomic E-state index is 0. The van der Waals surface area contributed by atoms with Crippen molar-refractivity contribution in [1.82, 2.24) is 0 Å². The normalized spacial score (nSPS) is 0. The standard InChI is InChI=1S/Mn.H2O.O.H2S/h;1H2;;1H2/q+2;;-2;. The minimum absolute atomic E-state index is 0. The van der Waals surface area contributed by atoms with Crippen molar-refractivity contribution in [3.8, 4) is 0 Å². The van der Waals surface area contributed by atoms with Crippen molar-refractivity contribution in [3.05, 3.63) is 0 Å².